The zero-order valence-electron chi connectivity index (χ0n) is 10.6. The molecule has 0 spiro atoms. The SMILES string of the molecule is C1COC(Cc2nnc3n2CCNC3C2CC2)C1. The van der Waals surface area contributed by atoms with E-state index in [1.54, 1.807) is 0 Å². The van der Waals surface area contributed by atoms with Gasteiger partial charge in [0.05, 0.1) is 12.1 Å². The molecule has 1 aromatic rings. The summed E-state index contributed by atoms with van der Waals surface area (Å²) in [6.45, 7) is 2.97. The Kier molecular flexibility index (Phi) is 2.62. The maximum absolute atomic E-state index is 5.71. The molecule has 3 aliphatic rings. The summed E-state index contributed by atoms with van der Waals surface area (Å²) in [6, 6.07) is 0.449. The Morgan fingerprint density at radius 3 is 3.00 bits per heavy atom. The fraction of sp³-hybridized carbons (Fsp3) is 0.846. The van der Waals surface area contributed by atoms with Crippen LogP contribution in [0.3, 0.4) is 0 Å². The van der Waals surface area contributed by atoms with Crippen molar-refractivity contribution < 1.29 is 4.74 Å². The van der Waals surface area contributed by atoms with Gasteiger partial charge in [-0.1, -0.05) is 0 Å². The highest BCUT2D eigenvalue weighted by Crippen LogP contribution is 2.41. The molecule has 1 aromatic heterocycles. The summed E-state index contributed by atoms with van der Waals surface area (Å²) in [4.78, 5) is 0. The van der Waals surface area contributed by atoms with Crippen molar-refractivity contribution in [2.45, 2.75) is 50.8 Å². The summed E-state index contributed by atoms with van der Waals surface area (Å²) >= 11 is 0. The Hall–Kier alpha value is -0.940. The van der Waals surface area contributed by atoms with Crippen molar-refractivity contribution >= 4 is 0 Å². The largest absolute Gasteiger partial charge is 0.378 e. The quantitative estimate of drug-likeness (QED) is 0.869. The maximum Gasteiger partial charge on any atom is 0.150 e. The van der Waals surface area contributed by atoms with E-state index >= 15 is 0 Å². The van der Waals surface area contributed by atoms with Gasteiger partial charge in [-0.2, -0.15) is 0 Å². The van der Waals surface area contributed by atoms with Gasteiger partial charge in [0.25, 0.3) is 0 Å². The first-order valence-corrected chi connectivity index (χ1v) is 7.19. The van der Waals surface area contributed by atoms with E-state index in [4.69, 9.17) is 4.74 Å². The minimum atomic E-state index is 0.368. The Morgan fingerprint density at radius 2 is 2.22 bits per heavy atom. The van der Waals surface area contributed by atoms with E-state index in [0.29, 0.717) is 12.1 Å². The molecule has 2 fully saturated rings. The van der Waals surface area contributed by atoms with Crippen molar-refractivity contribution in [1.29, 1.82) is 0 Å². The van der Waals surface area contributed by atoms with Gasteiger partial charge in [0.15, 0.2) is 5.82 Å². The van der Waals surface area contributed by atoms with Crippen molar-refractivity contribution in [1.82, 2.24) is 20.1 Å². The third-order valence-electron chi connectivity index (χ3n) is 4.36. The molecule has 2 aliphatic heterocycles. The Morgan fingerprint density at radius 1 is 1.28 bits per heavy atom. The molecule has 1 saturated heterocycles. The van der Waals surface area contributed by atoms with Gasteiger partial charge in [-0.05, 0) is 31.6 Å². The number of hydrogen-bond donors (Lipinski definition) is 1. The molecule has 5 heteroatoms. The van der Waals surface area contributed by atoms with Gasteiger partial charge in [0.2, 0.25) is 0 Å². The summed E-state index contributed by atoms with van der Waals surface area (Å²) in [7, 11) is 0. The normalized spacial score (nSPS) is 31.6. The van der Waals surface area contributed by atoms with Crippen molar-refractivity contribution in [2.75, 3.05) is 13.2 Å². The van der Waals surface area contributed by atoms with Crippen LogP contribution in [0.15, 0.2) is 0 Å². The van der Waals surface area contributed by atoms with Crippen LogP contribution < -0.4 is 5.32 Å². The summed E-state index contributed by atoms with van der Waals surface area (Å²) < 4.78 is 8.04. The van der Waals surface area contributed by atoms with E-state index in [-0.39, 0.29) is 0 Å². The Bertz CT molecular complexity index is 434. The lowest BCUT2D eigenvalue weighted by Gasteiger charge is -2.25. The average Bonchev–Trinajstić information content (AvgIpc) is 2.96. The average molecular weight is 248 g/mol. The molecule has 98 valence electrons. The zero-order valence-corrected chi connectivity index (χ0v) is 10.6. The molecule has 4 rings (SSSR count). The van der Waals surface area contributed by atoms with Crippen LogP contribution in [0.25, 0.3) is 0 Å². The molecule has 0 aromatic carbocycles. The van der Waals surface area contributed by atoms with Gasteiger partial charge in [0.1, 0.15) is 5.82 Å². The van der Waals surface area contributed by atoms with E-state index < -0.39 is 0 Å². The molecular formula is C13H20N4O. The number of aromatic nitrogens is 3. The van der Waals surface area contributed by atoms with E-state index in [1.807, 2.05) is 0 Å². The highest BCUT2D eigenvalue weighted by Gasteiger charge is 2.37. The van der Waals surface area contributed by atoms with Gasteiger partial charge in [-0.15, -0.1) is 10.2 Å². The summed E-state index contributed by atoms with van der Waals surface area (Å²) in [5.41, 5.74) is 0. The lowest BCUT2D eigenvalue weighted by atomic mass is 10.1. The topological polar surface area (TPSA) is 52.0 Å². The highest BCUT2D eigenvalue weighted by molar-refractivity contribution is 5.09. The molecule has 0 bridgehead atoms. The van der Waals surface area contributed by atoms with Gasteiger partial charge in [-0.3, -0.25) is 0 Å². The second kappa shape index (κ2) is 4.31. The number of hydrogen-bond acceptors (Lipinski definition) is 4. The zero-order chi connectivity index (χ0) is 11.9. The highest BCUT2D eigenvalue weighted by atomic mass is 16.5. The van der Waals surface area contributed by atoms with E-state index in [1.165, 1.54) is 25.7 Å². The van der Waals surface area contributed by atoms with Crippen LogP contribution in [0.2, 0.25) is 0 Å². The first kappa shape index (κ1) is 10.9. The van der Waals surface area contributed by atoms with Crippen LogP contribution in [0.4, 0.5) is 0 Å². The van der Waals surface area contributed by atoms with Gasteiger partial charge >= 0.3 is 0 Å². The van der Waals surface area contributed by atoms with E-state index in [9.17, 15) is 0 Å². The van der Waals surface area contributed by atoms with Crippen molar-refractivity contribution in [3.8, 4) is 0 Å². The summed E-state index contributed by atoms with van der Waals surface area (Å²) in [5, 5.41) is 12.4. The number of rotatable bonds is 3. The molecule has 0 amide bonds. The van der Waals surface area contributed by atoms with Crippen molar-refractivity contribution in [2.24, 2.45) is 5.92 Å². The van der Waals surface area contributed by atoms with Crippen LogP contribution in [-0.4, -0.2) is 34.0 Å². The van der Waals surface area contributed by atoms with Crippen LogP contribution >= 0.6 is 0 Å². The third-order valence-corrected chi connectivity index (χ3v) is 4.36. The molecule has 1 aliphatic carbocycles. The minimum absolute atomic E-state index is 0.368. The Labute approximate surface area is 107 Å². The predicted molar refractivity (Wildman–Crippen MR) is 66.2 cm³/mol. The van der Waals surface area contributed by atoms with Crippen LogP contribution in [-0.2, 0) is 17.7 Å². The summed E-state index contributed by atoms with van der Waals surface area (Å²) in [6.07, 6.45) is 6.35. The second-order valence-electron chi connectivity index (χ2n) is 5.73. The van der Waals surface area contributed by atoms with Crippen molar-refractivity contribution in [3.05, 3.63) is 11.6 Å². The maximum atomic E-state index is 5.71. The molecule has 1 N–H and O–H groups in total. The molecule has 1 saturated carbocycles. The fourth-order valence-corrected chi connectivity index (χ4v) is 3.21. The van der Waals surface area contributed by atoms with Crippen molar-refractivity contribution in [3.63, 3.8) is 0 Å². The van der Waals surface area contributed by atoms with E-state index in [2.05, 4.69) is 20.1 Å². The van der Waals surface area contributed by atoms with E-state index in [0.717, 1.165) is 43.7 Å². The Balaban J connectivity index is 1.57. The monoisotopic (exact) mass is 248 g/mol. The standard InChI is InChI=1S/C13H20N4O/c1-2-10(18-7-1)8-11-15-16-13-12(9-3-4-9)14-5-6-17(11)13/h9-10,12,14H,1-8H2. The lowest BCUT2D eigenvalue weighted by molar-refractivity contribution is 0.109. The molecule has 2 unspecified atom stereocenters. The fourth-order valence-electron chi connectivity index (χ4n) is 3.21. The molecule has 0 radical (unpaired) electrons. The van der Waals surface area contributed by atoms with Crippen LogP contribution in [0.5, 0.6) is 0 Å². The first-order valence-electron chi connectivity index (χ1n) is 7.19. The molecule has 3 heterocycles. The van der Waals surface area contributed by atoms with Gasteiger partial charge in [0, 0.05) is 26.1 Å². The van der Waals surface area contributed by atoms with Crippen LogP contribution in [0, 0.1) is 5.92 Å². The first-order chi connectivity index (χ1) is 8.92. The van der Waals surface area contributed by atoms with Crippen LogP contribution in [0.1, 0.15) is 43.4 Å². The lowest BCUT2D eigenvalue weighted by Crippen LogP contribution is -2.35. The molecule has 18 heavy (non-hydrogen) atoms. The molecule has 2 atom stereocenters. The smallest absolute Gasteiger partial charge is 0.150 e. The summed E-state index contributed by atoms with van der Waals surface area (Å²) in [5.74, 6) is 3.09. The van der Waals surface area contributed by atoms with Gasteiger partial charge in [-0.25, -0.2) is 0 Å². The number of nitrogens with zero attached hydrogens (tertiary/aromatic N) is 3. The predicted octanol–water partition coefficient (Wildman–Crippen LogP) is 1.05. The second-order valence-corrected chi connectivity index (χ2v) is 5.73. The molecule has 5 nitrogen and oxygen atoms in total. The van der Waals surface area contributed by atoms with Gasteiger partial charge < -0.3 is 14.6 Å². The third kappa shape index (κ3) is 1.86. The number of fused-ring (bicyclic) bond motifs is 1. The molecular weight excluding hydrogens is 228 g/mol. The number of nitrogens with one attached hydrogen (secondary N) is 1. The number of ether oxygens (including phenoxy) is 1. The minimum Gasteiger partial charge on any atom is -0.378 e.